The molecule has 0 aromatic heterocycles. The molecule has 0 radical (unpaired) electrons. The minimum atomic E-state index is -3.80. The summed E-state index contributed by atoms with van der Waals surface area (Å²) in [6.45, 7) is 6.93. The van der Waals surface area contributed by atoms with Gasteiger partial charge < -0.3 is 5.32 Å². The average Bonchev–Trinajstić information content (AvgIpc) is 2.11. The van der Waals surface area contributed by atoms with E-state index in [1.54, 1.807) is 0 Å². The van der Waals surface area contributed by atoms with E-state index in [-0.39, 0.29) is 11.3 Å². The molecule has 0 spiro atoms. The van der Waals surface area contributed by atoms with E-state index in [9.17, 15) is 8.42 Å². The molecule has 5 heteroatoms. The maximum atomic E-state index is 10.4. The molecular weight excluding hydrogens is 202 g/mol. The van der Waals surface area contributed by atoms with Gasteiger partial charge in [-0.3, -0.25) is 4.55 Å². The number of nitrogens with one attached hydrogen (secondary N) is 1. The second-order valence-corrected chi connectivity index (χ2v) is 5.41. The fourth-order valence-corrected chi connectivity index (χ4v) is 1.65. The topological polar surface area (TPSA) is 66.4 Å². The van der Waals surface area contributed by atoms with Crippen molar-refractivity contribution in [2.45, 2.75) is 45.6 Å². The minimum Gasteiger partial charge on any atom is -0.312 e. The molecule has 0 unspecified atom stereocenters. The van der Waals surface area contributed by atoms with Crippen molar-refractivity contribution in [2.75, 3.05) is 12.3 Å². The largest absolute Gasteiger partial charge is 0.312 e. The Labute approximate surface area is 86.8 Å². The van der Waals surface area contributed by atoms with Gasteiger partial charge in [-0.15, -0.1) is 0 Å². The molecule has 0 fully saturated rings. The molecule has 0 saturated carbocycles. The highest BCUT2D eigenvalue weighted by Gasteiger charge is 2.17. The van der Waals surface area contributed by atoms with Crippen molar-refractivity contribution in [3.63, 3.8) is 0 Å². The van der Waals surface area contributed by atoms with Gasteiger partial charge in [0.15, 0.2) is 0 Å². The summed E-state index contributed by atoms with van der Waals surface area (Å²) in [7, 11) is -3.80. The molecule has 0 rings (SSSR count). The fourth-order valence-electron chi connectivity index (χ4n) is 1.14. The Kier molecular flexibility index (Phi) is 5.63. The summed E-state index contributed by atoms with van der Waals surface area (Å²) in [5.41, 5.74) is 0.0826. The van der Waals surface area contributed by atoms with Crippen LogP contribution in [0.5, 0.6) is 0 Å². The van der Waals surface area contributed by atoms with Gasteiger partial charge in [0.05, 0.1) is 5.75 Å². The zero-order chi connectivity index (χ0) is 11.2. The number of hydrogen-bond donors (Lipinski definition) is 2. The van der Waals surface area contributed by atoms with E-state index in [1.807, 2.05) is 0 Å². The first kappa shape index (κ1) is 13.9. The van der Waals surface area contributed by atoms with E-state index in [1.165, 1.54) is 0 Å². The van der Waals surface area contributed by atoms with E-state index in [0.717, 1.165) is 12.8 Å². The lowest BCUT2D eigenvalue weighted by molar-refractivity contribution is 0.332. The quantitative estimate of drug-likeness (QED) is 0.506. The summed E-state index contributed by atoms with van der Waals surface area (Å²) in [6, 6.07) is 0. The Morgan fingerprint density at radius 2 is 1.79 bits per heavy atom. The molecule has 14 heavy (non-hydrogen) atoms. The van der Waals surface area contributed by atoms with Gasteiger partial charge in [0.2, 0.25) is 0 Å². The second-order valence-electron chi connectivity index (χ2n) is 3.83. The molecule has 0 aliphatic carbocycles. The van der Waals surface area contributed by atoms with Crippen molar-refractivity contribution in [3.05, 3.63) is 0 Å². The average molecular weight is 223 g/mol. The third kappa shape index (κ3) is 6.34. The molecule has 2 N–H and O–H groups in total. The number of rotatable bonds is 7. The molecule has 0 aromatic carbocycles. The van der Waals surface area contributed by atoms with Gasteiger partial charge in [-0.25, -0.2) is 0 Å². The van der Waals surface area contributed by atoms with Crippen LogP contribution in [0.1, 0.15) is 40.0 Å². The van der Waals surface area contributed by atoms with Gasteiger partial charge in [0.1, 0.15) is 0 Å². The van der Waals surface area contributed by atoms with E-state index >= 15 is 0 Å². The van der Waals surface area contributed by atoms with Crippen LogP contribution in [0.4, 0.5) is 0 Å². The second kappa shape index (κ2) is 5.68. The fraction of sp³-hybridized carbons (Fsp3) is 1.00. The minimum absolute atomic E-state index is 0.0826. The van der Waals surface area contributed by atoms with Crippen LogP contribution in [0.25, 0.3) is 0 Å². The third-order valence-corrected chi connectivity index (χ3v) is 3.50. The van der Waals surface area contributed by atoms with Crippen LogP contribution < -0.4 is 5.32 Å². The van der Waals surface area contributed by atoms with Crippen molar-refractivity contribution in [3.8, 4) is 0 Å². The highest BCUT2D eigenvalue weighted by Crippen LogP contribution is 2.12. The Morgan fingerprint density at radius 3 is 2.14 bits per heavy atom. The maximum absolute atomic E-state index is 10.4. The Morgan fingerprint density at radius 1 is 1.29 bits per heavy atom. The summed E-state index contributed by atoms with van der Waals surface area (Å²) < 4.78 is 29.4. The molecule has 0 aliphatic rings. The van der Waals surface area contributed by atoms with E-state index < -0.39 is 10.1 Å². The summed E-state index contributed by atoms with van der Waals surface area (Å²) in [4.78, 5) is 0. The third-order valence-electron chi connectivity index (χ3n) is 2.69. The molecule has 4 nitrogen and oxygen atoms in total. The Hall–Kier alpha value is -0.130. The van der Waals surface area contributed by atoms with Crippen LogP contribution in [0.15, 0.2) is 0 Å². The lowest BCUT2D eigenvalue weighted by Gasteiger charge is -2.28. The van der Waals surface area contributed by atoms with Gasteiger partial charge in [-0.05, 0) is 32.7 Å². The smallest absolute Gasteiger partial charge is 0.264 e. The number of hydrogen-bond acceptors (Lipinski definition) is 3. The predicted octanol–water partition coefficient (Wildman–Crippen LogP) is 1.43. The predicted molar refractivity (Wildman–Crippen MR) is 58.0 cm³/mol. The summed E-state index contributed by atoms with van der Waals surface area (Å²) in [6.07, 6.45) is 2.47. The van der Waals surface area contributed by atoms with Crippen molar-refractivity contribution in [1.82, 2.24) is 5.32 Å². The first-order valence-electron chi connectivity index (χ1n) is 5.03. The molecular formula is C9H21NO3S. The first-order valence-corrected chi connectivity index (χ1v) is 6.64. The van der Waals surface area contributed by atoms with Crippen LogP contribution in [0, 0.1) is 0 Å². The lowest BCUT2D eigenvalue weighted by atomic mass is 9.95. The highest BCUT2D eigenvalue weighted by molar-refractivity contribution is 7.85. The molecule has 0 saturated heterocycles. The van der Waals surface area contributed by atoms with Crippen LogP contribution in [-0.2, 0) is 10.1 Å². The summed E-state index contributed by atoms with van der Waals surface area (Å²) in [5.74, 6) is -0.163. The Balaban J connectivity index is 3.74. The van der Waals surface area contributed by atoms with Crippen molar-refractivity contribution in [1.29, 1.82) is 0 Å². The maximum Gasteiger partial charge on any atom is 0.264 e. The van der Waals surface area contributed by atoms with Gasteiger partial charge >= 0.3 is 0 Å². The molecule has 0 heterocycles. The van der Waals surface area contributed by atoms with Crippen molar-refractivity contribution < 1.29 is 13.0 Å². The Bertz CT molecular complexity index is 245. The molecule has 86 valence electrons. The van der Waals surface area contributed by atoms with Gasteiger partial charge in [0.25, 0.3) is 10.1 Å². The van der Waals surface area contributed by atoms with Crippen molar-refractivity contribution in [2.24, 2.45) is 0 Å². The molecule has 0 amide bonds. The van der Waals surface area contributed by atoms with Gasteiger partial charge in [-0.2, -0.15) is 8.42 Å². The van der Waals surface area contributed by atoms with E-state index in [2.05, 4.69) is 26.1 Å². The zero-order valence-electron chi connectivity index (χ0n) is 9.21. The molecule has 0 atom stereocenters. The first-order chi connectivity index (χ1) is 6.33. The highest BCUT2D eigenvalue weighted by atomic mass is 32.2. The standard InChI is InChI=1S/C9H21NO3S/c1-4-9(3,5-2)10-7-6-8-14(11,12)13/h10H,4-8H2,1-3H3,(H,11,12,13). The molecule has 0 bridgehead atoms. The van der Waals surface area contributed by atoms with Crippen LogP contribution in [0.2, 0.25) is 0 Å². The summed E-state index contributed by atoms with van der Waals surface area (Å²) >= 11 is 0. The lowest BCUT2D eigenvalue weighted by Crippen LogP contribution is -2.41. The normalized spacial score (nSPS) is 13.1. The van der Waals surface area contributed by atoms with Crippen LogP contribution >= 0.6 is 0 Å². The summed E-state index contributed by atoms with van der Waals surface area (Å²) in [5, 5.41) is 3.29. The molecule has 0 aromatic rings. The SMILES string of the molecule is CCC(C)(CC)NCCCS(=O)(=O)O. The van der Waals surface area contributed by atoms with Crippen LogP contribution in [0.3, 0.4) is 0 Å². The monoisotopic (exact) mass is 223 g/mol. The zero-order valence-corrected chi connectivity index (χ0v) is 10.0. The van der Waals surface area contributed by atoms with Crippen molar-refractivity contribution >= 4 is 10.1 Å². The van der Waals surface area contributed by atoms with Gasteiger partial charge in [0, 0.05) is 5.54 Å². The van der Waals surface area contributed by atoms with Gasteiger partial charge in [-0.1, -0.05) is 13.8 Å². The molecule has 0 aliphatic heterocycles. The van der Waals surface area contributed by atoms with E-state index in [0.29, 0.717) is 13.0 Å². The van der Waals surface area contributed by atoms with E-state index in [4.69, 9.17) is 4.55 Å². The van der Waals surface area contributed by atoms with Crippen LogP contribution in [-0.4, -0.2) is 30.8 Å².